The first-order chi connectivity index (χ1) is 8.63. The summed E-state index contributed by atoms with van der Waals surface area (Å²) in [5, 5.41) is 0. The minimum Gasteiger partial charge on any atom is -0.493 e. The zero-order valence-corrected chi connectivity index (χ0v) is 12.2. The maximum Gasteiger partial charge on any atom is 0.120 e. The molecule has 0 atom stereocenters. The highest BCUT2D eigenvalue weighted by molar-refractivity contribution is 9.10. The summed E-state index contributed by atoms with van der Waals surface area (Å²) in [6, 6.07) is 6.36. The van der Waals surface area contributed by atoms with E-state index in [0.29, 0.717) is 0 Å². The fraction of sp³-hybridized carbons (Fsp3) is 0.600. The summed E-state index contributed by atoms with van der Waals surface area (Å²) in [4.78, 5) is 0. The molecule has 98 valence electrons. The van der Waals surface area contributed by atoms with Crippen LogP contribution in [-0.2, 0) is 6.42 Å². The third-order valence-electron chi connectivity index (χ3n) is 4.09. The van der Waals surface area contributed by atoms with Crippen LogP contribution in [0.25, 0.3) is 0 Å². The number of hydrogen-bond acceptors (Lipinski definition) is 2. The lowest BCUT2D eigenvalue weighted by Gasteiger charge is -2.25. The van der Waals surface area contributed by atoms with E-state index in [1.54, 1.807) is 0 Å². The van der Waals surface area contributed by atoms with Gasteiger partial charge in [0.1, 0.15) is 5.75 Å². The van der Waals surface area contributed by atoms with Crippen LogP contribution in [0, 0.1) is 5.92 Å². The number of rotatable bonds is 5. The third-order valence-corrected chi connectivity index (χ3v) is 4.55. The monoisotopic (exact) mass is 309 g/mol. The van der Waals surface area contributed by atoms with Gasteiger partial charge in [-0.05, 0) is 61.8 Å². The second kappa shape index (κ2) is 4.86. The van der Waals surface area contributed by atoms with Gasteiger partial charge in [-0.3, -0.25) is 0 Å². The molecule has 0 bridgehead atoms. The van der Waals surface area contributed by atoms with Gasteiger partial charge in [-0.25, -0.2) is 0 Å². The molecular weight excluding hydrogens is 290 g/mol. The van der Waals surface area contributed by atoms with Crippen LogP contribution in [0.1, 0.15) is 37.7 Å². The molecule has 1 aromatic rings. The van der Waals surface area contributed by atoms with Crippen LogP contribution in [0.15, 0.2) is 22.7 Å². The maximum absolute atomic E-state index is 6.18. The second-order valence-corrected chi connectivity index (χ2v) is 6.86. The zero-order valence-electron chi connectivity index (χ0n) is 10.6. The molecule has 3 heteroatoms. The van der Waals surface area contributed by atoms with Crippen molar-refractivity contribution in [2.75, 3.05) is 6.61 Å². The van der Waals surface area contributed by atoms with E-state index in [1.165, 1.54) is 24.8 Å². The average Bonchev–Trinajstić information content (AvgIpc) is 2.92. The molecule has 2 fully saturated rings. The summed E-state index contributed by atoms with van der Waals surface area (Å²) >= 11 is 3.56. The van der Waals surface area contributed by atoms with Crippen LogP contribution < -0.4 is 10.5 Å². The lowest BCUT2D eigenvalue weighted by molar-refractivity contribution is 0.180. The van der Waals surface area contributed by atoms with Crippen molar-refractivity contribution >= 4 is 15.9 Å². The Kier molecular flexibility index (Phi) is 3.37. The van der Waals surface area contributed by atoms with E-state index < -0.39 is 0 Å². The maximum atomic E-state index is 6.18. The van der Waals surface area contributed by atoms with E-state index in [9.17, 15) is 0 Å². The molecule has 0 radical (unpaired) electrons. The summed E-state index contributed by atoms with van der Waals surface area (Å²) in [5.74, 6) is 1.76. The minimum atomic E-state index is 0.0615. The van der Waals surface area contributed by atoms with Gasteiger partial charge in [-0.15, -0.1) is 0 Å². The molecule has 0 heterocycles. The highest BCUT2D eigenvalue weighted by atomic mass is 79.9. The van der Waals surface area contributed by atoms with Crippen LogP contribution in [0.2, 0.25) is 0 Å². The van der Waals surface area contributed by atoms with Gasteiger partial charge in [0, 0.05) is 10.0 Å². The number of nitrogens with two attached hydrogens (primary N) is 1. The standard InChI is InChI=1S/C15H20BrNO/c16-13-6-12(9-15(17)4-5-15)7-14(8-13)18-10-11-2-1-3-11/h6-8,11H,1-5,9-10,17H2. The van der Waals surface area contributed by atoms with Gasteiger partial charge in [0.15, 0.2) is 0 Å². The van der Waals surface area contributed by atoms with E-state index in [-0.39, 0.29) is 5.54 Å². The van der Waals surface area contributed by atoms with Gasteiger partial charge >= 0.3 is 0 Å². The van der Waals surface area contributed by atoms with Crippen molar-refractivity contribution in [3.8, 4) is 5.75 Å². The quantitative estimate of drug-likeness (QED) is 0.901. The van der Waals surface area contributed by atoms with E-state index in [2.05, 4.69) is 34.1 Å². The number of hydrogen-bond donors (Lipinski definition) is 1. The average molecular weight is 310 g/mol. The Morgan fingerprint density at radius 2 is 2.06 bits per heavy atom. The van der Waals surface area contributed by atoms with Gasteiger partial charge in [0.05, 0.1) is 6.61 Å². The predicted molar refractivity (Wildman–Crippen MR) is 76.8 cm³/mol. The molecule has 0 aromatic heterocycles. The molecule has 2 N–H and O–H groups in total. The second-order valence-electron chi connectivity index (χ2n) is 5.94. The van der Waals surface area contributed by atoms with Crippen molar-refractivity contribution in [3.63, 3.8) is 0 Å². The fourth-order valence-electron chi connectivity index (χ4n) is 2.42. The summed E-state index contributed by atoms with van der Waals surface area (Å²) < 4.78 is 6.99. The van der Waals surface area contributed by atoms with Gasteiger partial charge in [-0.2, -0.15) is 0 Å². The largest absolute Gasteiger partial charge is 0.493 e. The Hall–Kier alpha value is -0.540. The number of ether oxygens (including phenoxy) is 1. The van der Waals surface area contributed by atoms with Gasteiger partial charge < -0.3 is 10.5 Å². The molecule has 2 nitrogen and oxygen atoms in total. The zero-order chi connectivity index (χ0) is 12.6. The van der Waals surface area contributed by atoms with Crippen molar-refractivity contribution in [1.82, 2.24) is 0 Å². The highest BCUT2D eigenvalue weighted by Gasteiger charge is 2.38. The number of benzene rings is 1. The lowest BCUT2D eigenvalue weighted by Crippen LogP contribution is -2.24. The lowest BCUT2D eigenvalue weighted by atomic mass is 9.86. The Bertz CT molecular complexity index is 438. The van der Waals surface area contributed by atoms with Crippen LogP contribution in [0.5, 0.6) is 5.75 Å². The normalized spacial score (nSPS) is 21.4. The molecular formula is C15H20BrNO. The van der Waals surface area contributed by atoms with E-state index in [4.69, 9.17) is 10.5 Å². The van der Waals surface area contributed by atoms with Crippen molar-refractivity contribution in [3.05, 3.63) is 28.2 Å². The van der Waals surface area contributed by atoms with Crippen LogP contribution in [-0.4, -0.2) is 12.1 Å². The third kappa shape index (κ3) is 3.07. The first-order valence-electron chi connectivity index (χ1n) is 6.84. The molecule has 0 amide bonds. The Morgan fingerprint density at radius 3 is 2.67 bits per heavy atom. The first kappa shape index (κ1) is 12.5. The van der Waals surface area contributed by atoms with Crippen LogP contribution in [0.3, 0.4) is 0 Å². The molecule has 2 aliphatic carbocycles. The SMILES string of the molecule is NC1(Cc2cc(Br)cc(OCC3CCC3)c2)CC1. The molecule has 2 saturated carbocycles. The summed E-state index contributed by atoms with van der Waals surface area (Å²) in [6.45, 7) is 0.865. The van der Waals surface area contributed by atoms with Crippen molar-refractivity contribution in [1.29, 1.82) is 0 Å². The molecule has 0 saturated heterocycles. The summed E-state index contributed by atoms with van der Waals surface area (Å²) in [7, 11) is 0. The minimum absolute atomic E-state index is 0.0615. The molecule has 2 aliphatic rings. The smallest absolute Gasteiger partial charge is 0.120 e. The molecule has 18 heavy (non-hydrogen) atoms. The van der Waals surface area contributed by atoms with E-state index in [0.717, 1.165) is 42.0 Å². The predicted octanol–water partition coefficient (Wildman–Crippen LogP) is 3.66. The van der Waals surface area contributed by atoms with E-state index >= 15 is 0 Å². The highest BCUT2D eigenvalue weighted by Crippen LogP contribution is 2.37. The van der Waals surface area contributed by atoms with E-state index in [1.807, 2.05) is 0 Å². The molecule has 0 spiro atoms. The summed E-state index contributed by atoms with van der Waals surface area (Å²) in [5.41, 5.74) is 7.52. The van der Waals surface area contributed by atoms with Gasteiger partial charge in [-0.1, -0.05) is 22.4 Å². The Labute approximate surface area is 117 Å². The van der Waals surface area contributed by atoms with Crippen molar-refractivity contribution < 1.29 is 4.74 Å². The molecule has 0 aliphatic heterocycles. The van der Waals surface area contributed by atoms with Gasteiger partial charge in [0.25, 0.3) is 0 Å². The van der Waals surface area contributed by atoms with Crippen molar-refractivity contribution in [2.45, 2.75) is 44.1 Å². The molecule has 1 aromatic carbocycles. The Balaban J connectivity index is 1.64. The fourth-order valence-corrected chi connectivity index (χ4v) is 2.94. The topological polar surface area (TPSA) is 35.2 Å². The number of halogens is 1. The van der Waals surface area contributed by atoms with Crippen LogP contribution in [0.4, 0.5) is 0 Å². The Morgan fingerprint density at radius 1 is 1.28 bits per heavy atom. The van der Waals surface area contributed by atoms with Gasteiger partial charge in [0.2, 0.25) is 0 Å². The van der Waals surface area contributed by atoms with Crippen molar-refractivity contribution in [2.24, 2.45) is 11.7 Å². The van der Waals surface area contributed by atoms with Crippen LogP contribution >= 0.6 is 15.9 Å². The first-order valence-corrected chi connectivity index (χ1v) is 7.63. The molecule has 3 rings (SSSR count). The summed E-state index contributed by atoms with van der Waals surface area (Å²) in [6.07, 6.45) is 7.29. The molecule has 0 unspecified atom stereocenters.